The first-order valence-electron chi connectivity index (χ1n) is 16.4. The summed E-state index contributed by atoms with van der Waals surface area (Å²) in [6.07, 6.45) is 10.5. The summed E-state index contributed by atoms with van der Waals surface area (Å²) in [7, 11) is 0. The Morgan fingerprint density at radius 2 is 1.64 bits per heavy atom. The van der Waals surface area contributed by atoms with Crippen LogP contribution in [0.4, 0.5) is 0 Å². The number of hydrogen-bond donors (Lipinski definition) is 2. The summed E-state index contributed by atoms with van der Waals surface area (Å²) in [5.74, 6) is 0.974. The number of aliphatic hydroxyl groups excluding tert-OH is 1. The second kappa shape index (κ2) is 19.7. The number of likely N-dealkylation sites (tertiary alicyclic amines) is 1. The lowest BCUT2D eigenvalue weighted by atomic mass is 10.1. The highest BCUT2D eigenvalue weighted by atomic mass is 16.3. The predicted molar refractivity (Wildman–Crippen MR) is 178 cm³/mol. The van der Waals surface area contributed by atoms with E-state index in [0.29, 0.717) is 13.0 Å². The van der Waals surface area contributed by atoms with Crippen LogP contribution in [0.1, 0.15) is 122 Å². The molecule has 238 valence electrons. The Balaban J connectivity index is 0.000000362. The molecule has 42 heavy (non-hydrogen) atoms. The summed E-state index contributed by atoms with van der Waals surface area (Å²) in [6.45, 7) is 19.8. The van der Waals surface area contributed by atoms with Gasteiger partial charge in [-0.15, -0.1) is 0 Å². The number of carbonyl (C=O) groups excluding carboxylic acids is 2. The zero-order valence-electron chi connectivity index (χ0n) is 28.3. The average molecular weight is 584 g/mol. The number of nitrogens with zero attached hydrogens (tertiary/aromatic N) is 2. The van der Waals surface area contributed by atoms with Gasteiger partial charge < -0.3 is 15.7 Å². The van der Waals surface area contributed by atoms with Crippen LogP contribution in [0.5, 0.6) is 0 Å². The first-order chi connectivity index (χ1) is 19.9. The summed E-state index contributed by atoms with van der Waals surface area (Å²) in [5, 5.41) is 9.80. The van der Waals surface area contributed by atoms with Crippen LogP contribution < -0.4 is 5.73 Å². The van der Waals surface area contributed by atoms with Crippen LogP contribution in [0.25, 0.3) is 0 Å². The molecular weight excluding hydrogens is 522 g/mol. The van der Waals surface area contributed by atoms with Crippen molar-refractivity contribution in [1.29, 1.82) is 0 Å². The van der Waals surface area contributed by atoms with Crippen molar-refractivity contribution in [1.82, 2.24) is 4.90 Å². The average Bonchev–Trinajstić information content (AvgIpc) is 3.69. The molecule has 1 aromatic rings. The Morgan fingerprint density at radius 3 is 2.05 bits per heavy atom. The van der Waals surface area contributed by atoms with Crippen molar-refractivity contribution in [3.05, 3.63) is 46.2 Å². The lowest BCUT2D eigenvalue weighted by Crippen LogP contribution is -2.44. The summed E-state index contributed by atoms with van der Waals surface area (Å²) < 4.78 is 0. The van der Waals surface area contributed by atoms with E-state index in [1.54, 1.807) is 4.90 Å². The molecule has 1 aliphatic heterocycles. The van der Waals surface area contributed by atoms with Crippen molar-refractivity contribution in [2.24, 2.45) is 22.6 Å². The van der Waals surface area contributed by atoms with Gasteiger partial charge in [0.15, 0.2) is 5.78 Å². The molecule has 1 heterocycles. The van der Waals surface area contributed by atoms with Crippen molar-refractivity contribution in [3.8, 4) is 0 Å². The number of ketones is 1. The topological polar surface area (TPSA) is 96.0 Å². The van der Waals surface area contributed by atoms with Crippen molar-refractivity contribution < 1.29 is 14.7 Å². The molecule has 3 unspecified atom stereocenters. The number of aliphatic imine (C=N–C) groups is 1. The second-order valence-electron chi connectivity index (χ2n) is 12.7. The molecule has 6 nitrogen and oxygen atoms in total. The number of piperidine rings is 1. The molecule has 3 N–H and O–H groups in total. The molecule has 1 saturated heterocycles. The minimum absolute atomic E-state index is 0.00879. The lowest BCUT2D eigenvalue weighted by Gasteiger charge is -2.29. The van der Waals surface area contributed by atoms with Gasteiger partial charge in [0.2, 0.25) is 0 Å². The molecule has 2 bridgehead atoms. The standard InChI is InChI=1S/C16H23N3O3.C9H12.C7H16.C4H10/c1-9(20)7-18-13-4-2-3-12(13)15(17)16(22)19-8-10-5-11(19)6-14(10)21;1-7-5-4-6-8(2)9(7)3;1-4-5-6-7(2)3;1-3-4-2/h10-11,14,21H,2-8,17H2,1H3;4-6H,1-3H3;7H,4-6H2,1-3H3;3-4H2,1-2H3/b15-12-,18-13?;;;. The third-order valence-electron chi connectivity index (χ3n) is 8.51. The Labute approximate surface area is 257 Å². The number of hydrogen-bond acceptors (Lipinski definition) is 5. The van der Waals surface area contributed by atoms with Crippen molar-refractivity contribution in [3.63, 3.8) is 0 Å². The number of unbranched alkanes of at least 4 members (excludes halogenated alkanes) is 2. The largest absolute Gasteiger partial charge is 0.394 e. The maximum absolute atomic E-state index is 12.7. The monoisotopic (exact) mass is 583 g/mol. The fourth-order valence-corrected chi connectivity index (χ4v) is 5.37. The van der Waals surface area contributed by atoms with E-state index in [1.165, 1.54) is 55.7 Å². The van der Waals surface area contributed by atoms with E-state index in [0.717, 1.165) is 42.9 Å². The van der Waals surface area contributed by atoms with Gasteiger partial charge in [0.05, 0.1) is 12.6 Å². The van der Waals surface area contributed by atoms with Gasteiger partial charge in [0.25, 0.3) is 5.91 Å². The lowest BCUT2D eigenvalue weighted by molar-refractivity contribution is -0.129. The van der Waals surface area contributed by atoms with Crippen LogP contribution >= 0.6 is 0 Å². The molecule has 2 saturated carbocycles. The van der Waals surface area contributed by atoms with Crippen LogP contribution in [0.2, 0.25) is 0 Å². The fourth-order valence-electron chi connectivity index (χ4n) is 5.37. The Morgan fingerprint density at radius 1 is 1.02 bits per heavy atom. The minimum Gasteiger partial charge on any atom is -0.394 e. The van der Waals surface area contributed by atoms with Crippen LogP contribution in [0, 0.1) is 32.6 Å². The zero-order chi connectivity index (χ0) is 31.8. The number of fused-ring (bicyclic) bond motifs is 2. The minimum atomic E-state index is -0.276. The third-order valence-corrected chi connectivity index (χ3v) is 8.51. The smallest absolute Gasteiger partial charge is 0.270 e. The van der Waals surface area contributed by atoms with Gasteiger partial charge in [-0.25, -0.2) is 0 Å². The van der Waals surface area contributed by atoms with Gasteiger partial charge in [-0.1, -0.05) is 84.9 Å². The van der Waals surface area contributed by atoms with Gasteiger partial charge in [0, 0.05) is 29.8 Å². The summed E-state index contributed by atoms with van der Waals surface area (Å²) in [4.78, 5) is 29.9. The van der Waals surface area contributed by atoms with E-state index in [9.17, 15) is 14.7 Å². The summed E-state index contributed by atoms with van der Waals surface area (Å²) in [5.41, 5.74) is 12.2. The molecule has 1 aromatic carbocycles. The number of aliphatic hydroxyl groups is 1. The highest BCUT2D eigenvalue weighted by Crippen LogP contribution is 2.38. The third kappa shape index (κ3) is 12.4. The van der Waals surface area contributed by atoms with Crippen molar-refractivity contribution in [2.75, 3.05) is 13.1 Å². The number of aryl methyl sites for hydroxylation is 2. The van der Waals surface area contributed by atoms with Gasteiger partial charge in [-0.3, -0.25) is 14.6 Å². The first kappa shape index (κ1) is 37.6. The molecule has 0 radical (unpaired) electrons. The number of allylic oxidation sites excluding steroid dienone is 1. The molecule has 3 fully saturated rings. The van der Waals surface area contributed by atoms with Gasteiger partial charge in [-0.05, 0) is 82.4 Å². The maximum atomic E-state index is 12.7. The maximum Gasteiger partial charge on any atom is 0.270 e. The second-order valence-corrected chi connectivity index (χ2v) is 12.7. The number of rotatable bonds is 7. The zero-order valence-corrected chi connectivity index (χ0v) is 28.3. The number of benzene rings is 1. The van der Waals surface area contributed by atoms with E-state index >= 15 is 0 Å². The molecule has 3 atom stereocenters. The molecule has 0 aromatic heterocycles. The van der Waals surface area contributed by atoms with E-state index < -0.39 is 0 Å². The number of Topliss-reactive ketones (excluding diaryl/α,β-unsaturated/α-hetero) is 1. The number of nitrogens with two attached hydrogens (primary N) is 1. The van der Waals surface area contributed by atoms with E-state index in [4.69, 9.17) is 5.73 Å². The van der Waals surface area contributed by atoms with Crippen LogP contribution in [0.3, 0.4) is 0 Å². The fraction of sp³-hybridized carbons (Fsp3) is 0.694. The van der Waals surface area contributed by atoms with E-state index in [1.807, 2.05) is 0 Å². The van der Waals surface area contributed by atoms with Crippen molar-refractivity contribution >= 4 is 17.4 Å². The summed E-state index contributed by atoms with van der Waals surface area (Å²) in [6, 6.07) is 6.49. The summed E-state index contributed by atoms with van der Waals surface area (Å²) >= 11 is 0. The molecule has 1 amide bonds. The quantitative estimate of drug-likeness (QED) is 0.322. The Bertz CT molecular complexity index is 1020. The highest BCUT2D eigenvalue weighted by Gasteiger charge is 2.46. The van der Waals surface area contributed by atoms with Gasteiger partial charge in [-0.2, -0.15) is 0 Å². The molecular formula is C36H61N3O3. The van der Waals surface area contributed by atoms with Gasteiger partial charge in [0.1, 0.15) is 5.70 Å². The predicted octanol–water partition coefficient (Wildman–Crippen LogP) is 7.65. The van der Waals surface area contributed by atoms with E-state index in [2.05, 4.69) is 78.6 Å². The SMILES string of the molecule is CC(=O)CN=C1CCC/C1=C(/N)C(=O)N1CC2CC1CC2O.CCCC.CCCCC(C)C.Cc1cccc(C)c1C. The molecule has 4 rings (SSSR count). The Hall–Kier alpha value is -2.47. The molecule has 0 spiro atoms. The molecule has 6 heteroatoms. The first-order valence-corrected chi connectivity index (χ1v) is 16.4. The van der Waals surface area contributed by atoms with Gasteiger partial charge >= 0.3 is 0 Å². The molecule has 2 aliphatic carbocycles. The highest BCUT2D eigenvalue weighted by molar-refractivity contribution is 6.09. The van der Waals surface area contributed by atoms with E-state index in [-0.39, 0.29) is 42.0 Å². The number of amides is 1. The van der Waals surface area contributed by atoms with Crippen LogP contribution in [-0.4, -0.2) is 52.6 Å². The number of carbonyl (C=O) groups is 2. The van der Waals surface area contributed by atoms with Crippen LogP contribution in [0.15, 0.2) is 34.5 Å². The van der Waals surface area contributed by atoms with Crippen molar-refractivity contribution in [2.45, 2.75) is 139 Å². The Kier molecular flexibility index (Phi) is 17.6. The molecule has 3 aliphatic rings. The normalized spacial score (nSPS) is 22.6. The van der Waals surface area contributed by atoms with Crippen LogP contribution in [-0.2, 0) is 9.59 Å².